The summed E-state index contributed by atoms with van der Waals surface area (Å²) >= 11 is 0. The van der Waals surface area contributed by atoms with Crippen LogP contribution in [-0.2, 0) is 0 Å². The van der Waals surface area contributed by atoms with E-state index in [0.717, 1.165) is 19.4 Å². The van der Waals surface area contributed by atoms with E-state index in [2.05, 4.69) is 31.6 Å². The van der Waals surface area contributed by atoms with Crippen molar-refractivity contribution < 1.29 is 5.11 Å². The number of aliphatic hydroxyl groups excluding tert-OH is 1. The lowest BCUT2D eigenvalue weighted by atomic mass is 10.0. The Labute approximate surface area is 88.3 Å². The number of unbranched alkanes of at least 4 members (excludes halogenated alkanes) is 1. The summed E-state index contributed by atoms with van der Waals surface area (Å²) in [7, 11) is 0. The van der Waals surface area contributed by atoms with Crippen LogP contribution in [0.2, 0.25) is 0 Å². The molecule has 0 aliphatic heterocycles. The van der Waals surface area contributed by atoms with Gasteiger partial charge in [-0.05, 0) is 18.9 Å². The molecule has 0 radical (unpaired) electrons. The van der Waals surface area contributed by atoms with Crippen molar-refractivity contribution in [3.8, 4) is 12.3 Å². The van der Waals surface area contributed by atoms with Gasteiger partial charge >= 0.3 is 0 Å². The molecule has 2 heteroatoms. The van der Waals surface area contributed by atoms with Gasteiger partial charge in [0.1, 0.15) is 0 Å². The Bertz CT molecular complexity index is 172. The average molecular weight is 197 g/mol. The van der Waals surface area contributed by atoms with Crippen molar-refractivity contribution in [2.24, 2.45) is 5.92 Å². The number of hydrogen-bond acceptors (Lipinski definition) is 2. The Balaban J connectivity index is 4.21. The van der Waals surface area contributed by atoms with Gasteiger partial charge in [-0.15, -0.1) is 6.42 Å². The van der Waals surface area contributed by atoms with Crippen LogP contribution in [0.3, 0.4) is 0 Å². The lowest BCUT2D eigenvalue weighted by Crippen LogP contribution is -2.40. The summed E-state index contributed by atoms with van der Waals surface area (Å²) < 4.78 is 0. The van der Waals surface area contributed by atoms with Crippen molar-refractivity contribution in [3.63, 3.8) is 0 Å². The predicted molar refractivity (Wildman–Crippen MR) is 61.0 cm³/mol. The van der Waals surface area contributed by atoms with Gasteiger partial charge in [-0.25, -0.2) is 0 Å². The fourth-order valence-electron chi connectivity index (χ4n) is 1.60. The molecule has 0 aliphatic carbocycles. The van der Waals surface area contributed by atoms with Crippen molar-refractivity contribution in [2.45, 2.75) is 39.7 Å². The molecule has 0 unspecified atom stereocenters. The van der Waals surface area contributed by atoms with Gasteiger partial charge in [0, 0.05) is 6.54 Å². The lowest BCUT2D eigenvalue weighted by Gasteiger charge is -2.30. The van der Waals surface area contributed by atoms with Gasteiger partial charge in [0.25, 0.3) is 0 Å². The van der Waals surface area contributed by atoms with E-state index < -0.39 is 0 Å². The third kappa shape index (κ3) is 4.64. The molecule has 14 heavy (non-hydrogen) atoms. The van der Waals surface area contributed by atoms with Gasteiger partial charge in [-0.3, -0.25) is 4.90 Å². The highest BCUT2D eigenvalue weighted by atomic mass is 16.3. The second-order valence-electron chi connectivity index (χ2n) is 3.97. The molecule has 0 spiro atoms. The quantitative estimate of drug-likeness (QED) is 0.628. The number of rotatable bonds is 7. The maximum atomic E-state index is 8.95. The van der Waals surface area contributed by atoms with Crippen LogP contribution < -0.4 is 0 Å². The van der Waals surface area contributed by atoms with E-state index in [1.54, 1.807) is 0 Å². The van der Waals surface area contributed by atoms with Crippen LogP contribution >= 0.6 is 0 Å². The number of terminal acetylenes is 1. The van der Waals surface area contributed by atoms with Crippen LogP contribution in [0.15, 0.2) is 0 Å². The first-order valence-corrected chi connectivity index (χ1v) is 5.48. The first-order valence-electron chi connectivity index (χ1n) is 5.48. The van der Waals surface area contributed by atoms with Crippen LogP contribution in [0, 0.1) is 18.3 Å². The molecule has 82 valence electrons. The Hall–Kier alpha value is -0.520. The molecule has 0 aromatic heterocycles. The zero-order chi connectivity index (χ0) is 11.0. The molecule has 0 fully saturated rings. The van der Waals surface area contributed by atoms with Gasteiger partial charge in [-0.2, -0.15) is 0 Å². The smallest absolute Gasteiger partial charge is 0.0735 e. The van der Waals surface area contributed by atoms with Crippen molar-refractivity contribution in [1.82, 2.24) is 4.90 Å². The van der Waals surface area contributed by atoms with Crippen LogP contribution in [0.5, 0.6) is 0 Å². The molecule has 0 amide bonds. The molecule has 1 atom stereocenters. The first-order chi connectivity index (χ1) is 6.67. The molecular formula is C12H23NO. The normalized spacial score (nSPS) is 13.2. The summed E-state index contributed by atoms with van der Waals surface area (Å²) in [5.74, 6) is 3.26. The lowest BCUT2D eigenvalue weighted by molar-refractivity contribution is 0.150. The second kappa shape index (κ2) is 7.84. The van der Waals surface area contributed by atoms with E-state index in [1.165, 1.54) is 0 Å². The van der Waals surface area contributed by atoms with E-state index in [0.29, 0.717) is 12.5 Å². The summed E-state index contributed by atoms with van der Waals surface area (Å²) in [4.78, 5) is 2.20. The largest absolute Gasteiger partial charge is 0.395 e. The summed E-state index contributed by atoms with van der Waals surface area (Å²) in [6.07, 6.45) is 7.81. The fraction of sp³-hybridized carbons (Fsp3) is 0.833. The van der Waals surface area contributed by atoms with Gasteiger partial charge < -0.3 is 5.11 Å². The molecule has 0 rings (SSSR count). The summed E-state index contributed by atoms with van der Waals surface area (Å²) in [5.41, 5.74) is 0. The second-order valence-corrected chi connectivity index (χ2v) is 3.97. The fourth-order valence-corrected chi connectivity index (χ4v) is 1.60. The molecule has 1 N–H and O–H groups in total. The van der Waals surface area contributed by atoms with E-state index in [-0.39, 0.29) is 12.6 Å². The Morgan fingerprint density at radius 1 is 1.36 bits per heavy atom. The highest BCUT2D eigenvalue weighted by Crippen LogP contribution is 2.10. The molecule has 0 aromatic rings. The van der Waals surface area contributed by atoms with Crippen molar-refractivity contribution >= 4 is 0 Å². The zero-order valence-electron chi connectivity index (χ0n) is 9.66. The number of nitrogens with zero attached hydrogens (tertiary/aromatic N) is 1. The molecule has 2 nitrogen and oxygen atoms in total. The molecule has 0 saturated heterocycles. The standard InChI is InChI=1S/C12H23NO/c1-5-7-8-13(9-10-14)12(6-2)11(3)4/h2,11-12,14H,5,7-10H2,1,3-4H3/t12-/m0/s1. The van der Waals surface area contributed by atoms with Crippen LogP contribution in [0.25, 0.3) is 0 Å². The highest BCUT2D eigenvalue weighted by molar-refractivity contribution is 5.01. The van der Waals surface area contributed by atoms with Crippen LogP contribution in [0.4, 0.5) is 0 Å². The van der Waals surface area contributed by atoms with E-state index in [1.807, 2.05) is 0 Å². The summed E-state index contributed by atoms with van der Waals surface area (Å²) in [6.45, 7) is 8.28. The summed E-state index contributed by atoms with van der Waals surface area (Å²) in [5, 5.41) is 8.95. The predicted octanol–water partition coefficient (Wildman–Crippen LogP) is 1.74. The molecular weight excluding hydrogens is 174 g/mol. The van der Waals surface area contributed by atoms with Gasteiger partial charge in [-0.1, -0.05) is 33.1 Å². The van der Waals surface area contributed by atoms with Gasteiger partial charge in [0.15, 0.2) is 0 Å². The molecule has 0 bridgehead atoms. The maximum absolute atomic E-state index is 8.95. The first kappa shape index (κ1) is 13.5. The number of hydrogen-bond donors (Lipinski definition) is 1. The molecule has 0 aliphatic rings. The van der Waals surface area contributed by atoms with Crippen molar-refractivity contribution in [1.29, 1.82) is 0 Å². The van der Waals surface area contributed by atoms with E-state index in [9.17, 15) is 0 Å². The minimum atomic E-state index is 0.161. The molecule has 0 saturated carbocycles. The maximum Gasteiger partial charge on any atom is 0.0735 e. The van der Waals surface area contributed by atoms with Crippen molar-refractivity contribution in [3.05, 3.63) is 0 Å². The van der Waals surface area contributed by atoms with Crippen LogP contribution in [-0.4, -0.2) is 35.7 Å². The monoisotopic (exact) mass is 197 g/mol. The SMILES string of the molecule is C#C[C@@H](C(C)C)N(CCO)CCCC. The zero-order valence-corrected chi connectivity index (χ0v) is 9.66. The molecule has 0 aromatic carbocycles. The molecule has 0 heterocycles. The van der Waals surface area contributed by atoms with E-state index in [4.69, 9.17) is 11.5 Å². The Kier molecular flexibility index (Phi) is 7.55. The van der Waals surface area contributed by atoms with Crippen molar-refractivity contribution in [2.75, 3.05) is 19.7 Å². The average Bonchev–Trinajstić information content (AvgIpc) is 2.14. The van der Waals surface area contributed by atoms with Gasteiger partial charge in [0.05, 0.1) is 12.6 Å². The van der Waals surface area contributed by atoms with E-state index >= 15 is 0 Å². The third-order valence-corrected chi connectivity index (χ3v) is 2.38. The van der Waals surface area contributed by atoms with Gasteiger partial charge in [0.2, 0.25) is 0 Å². The summed E-state index contributed by atoms with van der Waals surface area (Å²) in [6, 6.07) is 0.161. The minimum Gasteiger partial charge on any atom is -0.395 e. The Morgan fingerprint density at radius 2 is 2.00 bits per heavy atom. The third-order valence-electron chi connectivity index (χ3n) is 2.38. The highest BCUT2D eigenvalue weighted by Gasteiger charge is 2.18. The Morgan fingerprint density at radius 3 is 2.36 bits per heavy atom. The van der Waals surface area contributed by atoms with Crippen LogP contribution in [0.1, 0.15) is 33.6 Å². The number of aliphatic hydroxyl groups is 1. The topological polar surface area (TPSA) is 23.5 Å². The minimum absolute atomic E-state index is 0.161.